The highest BCUT2D eigenvalue weighted by Crippen LogP contribution is 2.10. The Bertz CT molecular complexity index is 143. The lowest BCUT2D eigenvalue weighted by atomic mass is 10.4. The second-order valence-corrected chi connectivity index (χ2v) is 2.52. The molecule has 5 heteroatoms. The van der Waals surface area contributed by atoms with Crippen LogP contribution in [0.3, 0.4) is 0 Å². The van der Waals surface area contributed by atoms with Gasteiger partial charge in [0.2, 0.25) is 11.0 Å². The Morgan fingerprint density at radius 1 is 1.33 bits per heavy atom. The second kappa shape index (κ2) is 2.18. The molecule has 0 aromatic carbocycles. The second-order valence-electron chi connectivity index (χ2n) is 1.49. The lowest BCUT2D eigenvalue weighted by molar-refractivity contribution is -0.124. The van der Waals surface area contributed by atoms with Gasteiger partial charge in [-0.1, -0.05) is 0 Å². The monoisotopic (exact) mass is 145 g/mol. The fourth-order valence-electron chi connectivity index (χ4n) is 0.454. The van der Waals surface area contributed by atoms with Crippen molar-refractivity contribution in [3.8, 4) is 0 Å². The molecule has 0 atom stereocenters. The van der Waals surface area contributed by atoms with E-state index in [2.05, 4.69) is 0 Å². The van der Waals surface area contributed by atoms with Crippen LogP contribution in [-0.4, -0.2) is 16.3 Å². The van der Waals surface area contributed by atoms with Crippen molar-refractivity contribution in [3.05, 3.63) is 0 Å². The summed E-state index contributed by atoms with van der Waals surface area (Å²) in [7, 11) is 0. The van der Waals surface area contributed by atoms with Crippen molar-refractivity contribution in [2.75, 3.05) is 0 Å². The quantitative estimate of drug-likeness (QED) is 0.483. The first-order chi connectivity index (χ1) is 4.18. The zero-order valence-corrected chi connectivity index (χ0v) is 5.16. The van der Waals surface area contributed by atoms with Crippen LogP contribution in [0.25, 0.3) is 0 Å². The normalized spacial score (nSPS) is 19.8. The molecule has 1 rings (SSSR count). The van der Waals surface area contributed by atoms with Gasteiger partial charge < -0.3 is 0 Å². The highest BCUT2D eigenvalue weighted by molar-refractivity contribution is 8.26. The highest BCUT2D eigenvalue weighted by atomic mass is 32.2. The molecule has 9 heavy (non-hydrogen) atoms. The molecule has 48 valence electrons. The third kappa shape index (κ3) is 1.53. The predicted octanol–water partition coefficient (Wildman–Crippen LogP) is -0.114. The fourth-order valence-corrected chi connectivity index (χ4v) is 1.03. The van der Waals surface area contributed by atoms with Crippen molar-refractivity contribution >= 4 is 28.0 Å². The number of hydrogen-bond donors (Lipinski definition) is 1. The van der Waals surface area contributed by atoms with Crippen molar-refractivity contribution in [1.29, 1.82) is 0 Å². The van der Waals surface area contributed by atoms with Gasteiger partial charge in [0.15, 0.2) is 0 Å². The van der Waals surface area contributed by atoms with Crippen molar-refractivity contribution < 1.29 is 14.4 Å². The first kappa shape index (κ1) is 6.28. The van der Waals surface area contributed by atoms with Gasteiger partial charge in [0.1, 0.15) is 0 Å². The van der Waals surface area contributed by atoms with Gasteiger partial charge in [0.05, 0.1) is 6.42 Å². The van der Waals surface area contributed by atoms with Crippen molar-refractivity contribution in [3.63, 3.8) is 0 Å². The van der Waals surface area contributed by atoms with E-state index in [9.17, 15) is 14.4 Å². The van der Waals surface area contributed by atoms with E-state index in [1.807, 2.05) is 5.32 Å². The Hall–Kier alpha value is -0.840. The van der Waals surface area contributed by atoms with Gasteiger partial charge in [-0.25, -0.2) is 0 Å². The van der Waals surface area contributed by atoms with Crippen LogP contribution >= 0.6 is 11.8 Å². The molecule has 1 saturated heterocycles. The van der Waals surface area contributed by atoms with Gasteiger partial charge in [0, 0.05) is 11.8 Å². The lowest BCUT2D eigenvalue weighted by Crippen LogP contribution is -2.33. The molecule has 0 aromatic rings. The first-order valence-electron chi connectivity index (χ1n) is 2.23. The maximum absolute atomic E-state index is 10.4. The SMILES string of the molecule is O=C1CC(=O)SC(=O)N1. The topological polar surface area (TPSA) is 63.2 Å². The smallest absolute Gasteiger partial charge is 0.286 e. The Labute approximate surface area is 55.0 Å². The Morgan fingerprint density at radius 3 is 2.44 bits per heavy atom. The molecular formula is C4H3NO3S. The first-order valence-corrected chi connectivity index (χ1v) is 3.04. The van der Waals surface area contributed by atoms with Gasteiger partial charge in [0.25, 0.3) is 5.24 Å². The molecule has 1 aliphatic heterocycles. The third-order valence-electron chi connectivity index (χ3n) is 0.753. The predicted molar refractivity (Wildman–Crippen MR) is 30.8 cm³/mol. The van der Waals surface area contributed by atoms with Crippen LogP contribution in [0.15, 0.2) is 0 Å². The third-order valence-corrected chi connectivity index (χ3v) is 1.41. The maximum Gasteiger partial charge on any atom is 0.293 e. The fraction of sp³-hybridized carbons (Fsp3) is 0.250. The average molecular weight is 145 g/mol. The minimum absolute atomic E-state index is 0.184. The van der Waals surface area contributed by atoms with Gasteiger partial charge in [-0.2, -0.15) is 0 Å². The molecule has 1 N–H and O–H groups in total. The Morgan fingerprint density at radius 2 is 2.00 bits per heavy atom. The van der Waals surface area contributed by atoms with Crippen LogP contribution in [0, 0.1) is 0 Å². The van der Waals surface area contributed by atoms with E-state index in [0.29, 0.717) is 11.8 Å². The van der Waals surface area contributed by atoms with Crippen molar-refractivity contribution in [1.82, 2.24) is 5.32 Å². The minimum atomic E-state index is -0.573. The van der Waals surface area contributed by atoms with Crippen LogP contribution in [0.2, 0.25) is 0 Å². The number of imide groups is 1. The highest BCUT2D eigenvalue weighted by Gasteiger charge is 2.22. The summed E-state index contributed by atoms with van der Waals surface area (Å²) in [6.45, 7) is 0. The minimum Gasteiger partial charge on any atom is -0.286 e. The molecule has 0 bridgehead atoms. The summed E-state index contributed by atoms with van der Waals surface area (Å²) in [5.74, 6) is -0.510. The summed E-state index contributed by atoms with van der Waals surface area (Å²) >= 11 is 0.535. The summed E-state index contributed by atoms with van der Waals surface area (Å²) < 4.78 is 0. The van der Waals surface area contributed by atoms with E-state index in [-0.39, 0.29) is 11.5 Å². The van der Waals surface area contributed by atoms with Crippen LogP contribution in [0.5, 0.6) is 0 Å². The molecule has 1 fully saturated rings. The van der Waals surface area contributed by atoms with Crippen LogP contribution in [0.1, 0.15) is 6.42 Å². The molecule has 1 heterocycles. The summed E-state index contributed by atoms with van der Waals surface area (Å²) in [4.78, 5) is 31.0. The van der Waals surface area contributed by atoms with Gasteiger partial charge >= 0.3 is 0 Å². The van der Waals surface area contributed by atoms with Gasteiger partial charge in [-0.3, -0.25) is 19.7 Å². The standard InChI is InChI=1S/C4H3NO3S/c6-2-1-3(7)9-4(8)5-2/h1H2,(H,5,6,8). The summed E-state index contributed by atoms with van der Waals surface area (Å²) in [5, 5.41) is 1.02. The molecule has 0 unspecified atom stereocenters. The molecule has 1 aliphatic rings. The molecule has 0 spiro atoms. The number of carbonyl (C=O) groups excluding carboxylic acids is 3. The van der Waals surface area contributed by atoms with Crippen molar-refractivity contribution in [2.45, 2.75) is 6.42 Å². The van der Waals surface area contributed by atoms with Gasteiger partial charge in [-0.15, -0.1) is 0 Å². The summed E-state index contributed by atoms with van der Waals surface area (Å²) in [6, 6.07) is 0. The summed E-state index contributed by atoms with van der Waals surface area (Å²) in [6.07, 6.45) is -0.184. The zero-order valence-electron chi connectivity index (χ0n) is 4.34. The largest absolute Gasteiger partial charge is 0.293 e. The number of nitrogens with one attached hydrogen (secondary N) is 1. The number of amides is 2. The van der Waals surface area contributed by atoms with E-state index < -0.39 is 11.1 Å². The number of thioether (sulfide) groups is 1. The number of rotatable bonds is 0. The lowest BCUT2D eigenvalue weighted by Gasteiger charge is -2.05. The van der Waals surface area contributed by atoms with E-state index in [0.717, 1.165) is 0 Å². The molecule has 2 amide bonds. The molecule has 0 radical (unpaired) electrons. The van der Waals surface area contributed by atoms with E-state index in [1.54, 1.807) is 0 Å². The number of carbonyl (C=O) groups is 3. The van der Waals surface area contributed by atoms with Crippen molar-refractivity contribution in [2.24, 2.45) is 0 Å². The average Bonchev–Trinajstić information content (AvgIpc) is 1.59. The van der Waals surface area contributed by atoms with Gasteiger partial charge in [-0.05, 0) is 0 Å². The molecular weight excluding hydrogens is 142 g/mol. The molecule has 0 aromatic heterocycles. The van der Waals surface area contributed by atoms with Crippen LogP contribution in [-0.2, 0) is 9.59 Å². The molecule has 0 saturated carbocycles. The van der Waals surface area contributed by atoms with Crippen LogP contribution in [0.4, 0.5) is 4.79 Å². The Kier molecular flexibility index (Phi) is 1.52. The van der Waals surface area contributed by atoms with Crippen LogP contribution < -0.4 is 5.32 Å². The molecule has 0 aliphatic carbocycles. The van der Waals surface area contributed by atoms with E-state index in [1.165, 1.54) is 0 Å². The van der Waals surface area contributed by atoms with E-state index >= 15 is 0 Å². The zero-order chi connectivity index (χ0) is 6.85. The number of hydrogen-bond acceptors (Lipinski definition) is 4. The molecule has 4 nitrogen and oxygen atoms in total. The summed E-state index contributed by atoms with van der Waals surface area (Å²) in [5.41, 5.74) is 0. The van der Waals surface area contributed by atoms with E-state index in [4.69, 9.17) is 0 Å². The Balaban J connectivity index is 2.64. The maximum atomic E-state index is 10.4.